The van der Waals surface area contributed by atoms with Crippen LogP contribution in [0.2, 0.25) is 0 Å². The number of allylic oxidation sites excluding steroid dienone is 2. The number of hydrogen-bond donors (Lipinski definition) is 4. The third-order valence-electron chi connectivity index (χ3n) is 15.6. The van der Waals surface area contributed by atoms with E-state index in [4.69, 9.17) is 5.11 Å². The molecule has 230 valence electrons. The monoisotopic (exact) mass is 558 g/mol. The predicted octanol–water partition coefficient (Wildman–Crippen LogP) is 6.99. The van der Waals surface area contributed by atoms with E-state index in [0.29, 0.717) is 63.1 Å². The quantitative estimate of drug-likeness (QED) is 0.254. The first-order chi connectivity index (χ1) is 18.6. The van der Waals surface area contributed by atoms with E-state index in [-0.39, 0.29) is 0 Å². The Morgan fingerprint density at radius 2 is 1.30 bits per heavy atom. The van der Waals surface area contributed by atoms with Crippen LogP contribution in [0, 0.1) is 68.5 Å². The van der Waals surface area contributed by atoms with Crippen molar-refractivity contribution in [2.75, 3.05) is 6.61 Å². The van der Waals surface area contributed by atoms with Gasteiger partial charge in [0.2, 0.25) is 0 Å². The summed E-state index contributed by atoms with van der Waals surface area (Å²) < 4.78 is 0. The summed E-state index contributed by atoms with van der Waals surface area (Å²) >= 11 is 0. The van der Waals surface area contributed by atoms with Crippen LogP contribution in [0.3, 0.4) is 0 Å². The molecule has 0 amide bonds. The van der Waals surface area contributed by atoms with Crippen LogP contribution in [0.15, 0.2) is 12.2 Å². The lowest BCUT2D eigenvalue weighted by molar-refractivity contribution is -0.205. The van der Waals surface area contributed by atoms with E-state index in [0.717, 1.165) is 18.3 Å². The highest BCUT2D eigenvalue weighted by atomic mass is 16.4. The van der Waals surface area contributed by atoms with Gasteiger partial charge < -0.3 is 20.4 Å². The Balaban J connectivity index is 1.36. The zero-order chi connectivity index (χ0) is 29.5. The van der Waals surface area contributed by atoms with Crippen molar-refractivity contribution in [3.8, 4) is 0 Å². The lowest BCUT2D eigenvalue weighted by Crippen LogP contribution is -2.65. The van der Waals surface area contributed by atoms with Crippen LogP contribution in [-0.4, -0.2) is 45.3 Å². The molecule has 4 fully saturated rings. The van der Waals surface area contributed by atoms with Gasteiger partial charge in [-0.25, -0.2) is 0 Å². The molecule has 0 aromatic heterocycles. The van der Waals surface area contributed by atoms with E-state index in [1.165, 1.54) is 51.4 Å². The largest absolute Gasteiger partial charge is 0.394 e. The molecule has 0 saturated heterocycles. The van der Waals surface area contributed by atoms with Crippen LogP contribution in [0.4, 0.5) is 0 Å². The zero-order valence-corrected chi connectivity index (χ0v) is 27.0. The van der Waals surface area contributed by atoms with Crippen molar-refractivity contribution >= 4 is 0 Å². The number of aliphatic hydroxyl groups is 4. The first kappa shape index (κ1) is 31.0. The minimum atomic E-state index is -1.28. The maximum atomic E-state index is 10.4. The van der Waals surface area contributed by atoms with E-state index < -0.39 is 24.9 Å². The molecule has 4 nitrogen and oxygen atoms in total. The van der Waals surface area contributed by atoms with E-state index >= 15 is 0 Å². The summed E-state index contributed by atoms with van der Waals surface area (Å²) in [5.41, 5.74) is 1.81. The Morgan fingerprint density at radius 1 is 0.725 bits per heavy atom. The summed E-state index contributed by atoms with van der Waals surface area (Å²) in [7, 11) is 0. The molecule has 4 saturated carbocycles. The molecule has 5 rings (SSSR count). The molecular weight excluding hydrogens is 496 g/mol. The SMILES string of the molecule is CC(CCC(O)C(O)C(O)CO)[C@H]1CC[C@]2(C)[C@H]3C=C[C@@H]4[C@@]5(C)CCC(C)C(C)(C)[C@@H]5CC[C@@]4(C)[C@]3(C)CC[C@@H]12. The summed E-state index contributed by atoms with van der Waals surface area (Å²) in [4.78, 5) is 0. The predicted molar refractivity (Wildman–Crippen MR) is 162 cm³/mol. The molecule has 0 spiro atoms. The third-order valence-corrected chi connectivity index (χ3v) is 15.6. The van der Waals surface area contributed by atoms with Crippen molar-refractivity contribution in [2.24, 2.45) is 68.5 Å². The van der Waals surface area contributed by atoms with Gasteiger partial charge in [-0.15, -0.1) is 0 Å². The third kappa shape index (κ3) is 4.27. The summed E-state index contributed by atoms with van der Waals surface area (Å²) in [5, 5.41) is 39.5. The van der Waals surface area contributed by atoms with Crippen molar-refractivity contribution in [2.45, 2.75) is 138 Å². The summed E-state index contributed by atoms with van der Waals surface area (Å²) in [5.74, 6) is 4.74. The van der Waals surface area contributed by atoms with Gasteiger partial charge >= 0.3 is 0 Å². The van der Waals surface area contributed by atoms with Crippen LogP contribution in [0.1, 0.15) is 120 Å². The highest BCUT2D eigenvalue weighted by Gasteiger charge is 2.69. The smallest absolute Gasteiger partial charge is 0.108 e. The molecule has 0 aliphatic heterocycles. The Hall–Kier alpha value is -0.420. The number of aliphatic hydroxyl groups excluding tert-OH is 4. The Labute approximate surface area is 245 Å². The fourth-order valence-electron chi connectivity index (χ4n) is 12.5. The van der Waals surface area contributed by atoms with Crippen molar-refractivity contribution in [1.29, 1.82) is 0 Å². The minimum Gasteiger partial charge on any atom is -0.394 e. The van der Waals surface area contributed by atoms with Gasteiger partial charge in [0.1, 0.15) is 12.2 Å². The molecule has 14 atom stereocenters. The second kappa shape index (κ2) is 10.3. The lowest BCUT2D eigenvalue weighted by Gasteiger charge is -2.71. The van der Waals surface area contributed by atoms with E-state index in [1.54, 1.807) is 0 Å². The van der Waals surface area contributed by atoms with Crippen LogP contribution < -0.4 is 0 Å². The van der Waals surface area contributed by atoms with Gasteiger partial charge in [0.15, 0.2) is 0 Å². The fraction of sp³-hybridized carbons (Fsp3) is 0.944. The number of fused-ring (bicyclic) bond motifs is 7. The van der Waals surface area contributed by atoms with Crippen LogP contribution in [0.5, 0.6) is 0 Å². The average molecular weight is 559 g/mol. The standard InChI is InChI=1S/C36H62O4/c1-22(9-10-26(38)31(40)27(39)21-37)24-14-18-33(5)25(24)15-19-35(7)29(33)11-12-30-34(6)17-13-23(2)32(3,4)28(34)16-20-36(30,35)8/h11-12,22-31,37-40H,9-10,13-21H2,1-8H3/t22?,23?,24-,25+,26?,27?,28+,29-,30-,31?,33+,34+,35-,36-/m1/s1. The second-order valence-electron chi connectivity index (χ2n) is 17.2. The zero-order valence-electron chi connectivity index (χ0n) is 27.0. The van der Waals surface area contributed by atoms with Crippen molar-refractivity contribution in [3.63, 3.8) is 0 Å². The highest BCUT2D eigenvalue weighted by molar-refractivity contribution is 5.27. The molecule has 40 heavy (non-hydrogen) atoms. The van der Waals surface area contributed by atoms with Crippen LogP contribution in [0.25, 0.3) is 0 Å². The average Bonchev–Trinajstić information content (AvgIpc) is 3.26. The highest BCUT2D eigenvalue weighted by Crippen LogP contribution is 2.76. The molecule has 5 unspecified atom stereocenters. The number of hydrogen-bond acceptors (Lipinski definition) is 4. The second-order valence-corrected chi connectivity index (χ2v) is 17.2. The number of rotatable bonds is 7. The fourth-order valence-corrected chi connectivity index (χ4v) is 12.5. The molecule has 0 aromatic rings. The molecule has 0 bridgehead atoms. The maximum Gasteiger partial charge on any atom is 0.108 e. The van der Waals surface area contributed by atoms with E-state index in [9.17, 15) is 15.3 Å². The molecule has 5 aliphatic carbocycles. The lowest BCUT2D eigenvalue weighted by atomic mass is 9.33. The van der Waals surface area contributed by atoms with Crippen molar-refractivity contribution in [3.05, 3.63) is 12.2 Å². The first-order valence-electron chi connectivity index (χ1n) is 16.9. The molecule has 0 heterocycles. The van der Waals surface area contributed by atoms with Gasteiger partial charge in [-0.05, 0) is 133 Å². The van der Waals surface area contributed by atoms with Crippen molar-refractivity contribution < 1.29 is 20.4 Å². The van der Waals surface area contributed by atoms with Gasteiger partial charge in [-0.1, -0.05) is 67.5 Å². The molecule has 4 N–H and O–H groups in total. The summed E-state index contributed by atoms with van der Waals surface area (Å²) in [6, 6.07) is 0. The first-order valence-corrected chi connectivity index (χ1v) is 16.9. The topological polar surface area (TPSA) is 80.9 Å². The summed E-state index contributed by atoms with van der Waals surface area (Å²) in [6.45, 7) is 20.1. The summed E-state index contributed by atoms with van der Waals surface area (Å²) in [6.07, 6.45) is 13.9. The van der Waals surface area contributed by atoms with Gasteiger partial charge in [0, 0.05) is 0 Å². The van der Waals surface area contributed by atoms with E-state index in [2.05, 4.69) is 67.5 Å². The Morgan fingerprint density at radius 3 is 1.93 bits per heavy atom. The van der Waals surface area contributed by atoms with Gasteiger partial charge in [-0.2, -0.15) is 0 Å². The normalized spacial score (nSPS) is 50.6. The van der Waals surface area contributed by atoms with Crippen LogP contribution >= 0.6 is 0 Å². The minimum absolute atomic E-state index is 0.319. The van der Waals surface area contributed by atoms with Gasteiger partial charge in [-0.3, -0.25) is 0 Å². The van der Waals surface area contributed by atoms with Gasteiger partial charge in [0.05, 0.1) is 12.7 Å². The van der Waals surface area contributed by atoms with E-state index in [1.807, 2.05) is 0 Å². The molecule has 5 aliphatic rings. The van der Waals surface area contributed by atoms with Crippen LogP contribution in [-0.2, 0) is 0 Å². The Kier molecular flexibility index (Phi) is 8.02. The molecule has 0 aromatic carbocycles. The molecule has 4 heteroatoms. The van der Waals surface area contributed by atoms with Crippen molar-refractivity contribution in [1.82, 2.24) is 0 Å². The molecular formula is C36H62O4. The van der Waals surface area contributed by atoms with Gasteiger partial charge in [0.25, 0.3) is 0 Å². The molecule has 0 radical (unpaired) electrons. The maximum absolute atomic E-state index is 10.4. The Bertz CT molecular complexity index is 960.